The van der Waals surface area contributed by atoms with Gasteiger partial charge in [0.1, 0.15) is 0 Å². The molecule has 2 heteroatoms. The molecule has 0 saturated heterocycles. The molecule has 54 valence electrons. The molecular weight excluding hydrogens is 114 g/mol. The van der Waals surface area contributed by atoms with Crippen LogP contribution in [0.4, 0.5) is 0 Å². The molecule has 0 aliphatic carbocycles. The van der Waals surface area contributed by atoms with Crippen LogP contribution >= 0.6 is 0 Å². The Kier molecular flexibility index (Phi) is 5.52. The van der Waals surface area contributed by atoms with Crippen LogP contribution < -0.4 is 0 Å². The lowest BCUT2D eigenvalue weighted by Crippen LogP contribution is -2.04. The molecular formula is C7H15NO. The molecule has 9 heavy (non-hydrogen) atoms. The standard InChI is InChI=1S/C7H15NO/c1-4-8-5-6-9-7(2)3/h5,7H,4,6H2,1-3H3/b8-5+. The third-order valence-electron chi connectivity index (χ3n) is 0.816. The van der Waals surface area contributed by atoms with Gasteiger partial charge < -0.3 is 4.74 Å². The Bertz CT molecular complexity index is 79.0. The van der Waals surface area contributed by atoms with Crippen molar-refractivity contribution < 1.29 is 4.74 Å². The topological polar surface area (TPSA) is 21.6 Å². The van der Waals surface area contributed by atoms with Crippen molar-refractivity contribution >= 4 is 6.21 Å². The lowest BCUT2D eigenvalue weighted by molar-refractivity contribution is 0.113. The van der Waals surface area contributed by atoms with E-state index in [-0.39, 0.29) is 0 Å². The minimum Gasteiger partial charge on any atom is -0.373 e. The molecule has 0 amide bonds. The predicted octanol–water partition coefficient (Wildman–Crippen LogP) is 1.50. The second-order valence-corrected chi connectivity index (χ2v) is 2.06. The highest BCUT2D eigenvalue weighted by molar-refractivity contribution is 5.58. The average Bonchev–Trinajstić information content (AvgIpc) is 1.80. The molecule has 0 aromatic heterocycles. The zero-order chi connectivity index (χ0) is 7.11. The van der Waals surface area contributed by atoms with Crippen LogP contribution in [0.5, 0.6) is 0 Å². The highest BCUT2D eigenvalue weighted by Crippen LogP contribution is 1.83. The second-order valence-electron chi connectivity index (χ2n) is 2.06. The van der Waals surface area contributed by atoms with Crippen molar-refractivity contribution in [1.29, 1.82) is 0 Å². The van der Waals surface area contributed by atoms with Gasteiger partial charge in [0.15, 0.2) is 0 Å². The van der Waals surface area contributed by atoms with Crippen molar-refractivity contribution in [3.63, 3.8) is 0 Å². The number of nitrogens with zero attached hydrogens (tertiary/aromatic N) is 1. The Morgan fingerprint density at radius 3 is 2.67 bits per heavy atom. The van der Waals surface area contributed by atoms with Crippen LogP contribution in [0, 0.1) is 0 Å². The minimum absolute atomic E-state index is 0.313. The first-order valence-corrected chi connectivity index (χ1v) is 3.37. The summed E-state index contributed by atoms with van der Waals surface area (Å²) in [7, 11) is 0. The van der Waals surface area contributed by atoms with Gasteiger partial charge in [-0.25, -0.2) is 0 Å². The van der Waals surface area contributed by atoms with E-state index in [1.165, 1.54) is 0 Å². The van der Waals surface area contributed by atoms with Crippen LogP contribution in [-0.2, 0) is 4.74 Å². The number of ether oxygens (including phenoxy) is 1. The molecule has 0 heterocycles. The van der Waals surface area contributed by atoms with Gasteiger partial charge in [0, 0.05) is 12.8 Å². The van der Waals surface area contributed by atoms with E-state index >= 15 is 0 Å². The van der Waals surface area contributed by atoms with Crippen molar-refractivity contribution in [2.45, 2.75) is 26.9 Å². The predicted molar refractivity (Wildman–Crippen MR) is 40.1 cm³/mol. The van der Waals surface area contributed by atoms with Crippen LogP contribution in [0.2, 0.25) is 0 Å². The summed E-state index contributed by atoms with van der Waals surface area (Å²) in [5.41, 5.74) is 0. The molecule has 0 aromatic rings. The van der Waals surface area contributed by atoms with E-state index in [0.29, 0.717) is 12.7 Å². The monoisotopic (exact) mass is 129 g/mol. The zero-order valence-electron chi connectivity index (χ0n) is 6.42. The van der Waals surface area contributed by atoms with Crippen molar-refractivity contribution in [3.8, 4) is 0 Å². The van der Waals surface area contributed by atoms with E-state index in [1.807, 2.05) is 20.8 Å². The molecule has 0 rings (SSSR count). The normalized spacial score (nSPS) is 11.6. The van der Waals surface area contributed by atoms with E-state index < -0.39 is 0 Å². The highest BCUT2D eigenvalue weighted by Gasteiger charge is 1.86. The Hall–Kier alpha value is -0.370. The molecule has 0 atom stereocenters. The summed E-state index contributed by atoms with van der Waals surface area (Å²) in [6.45, 7) is 7.53. The summed E-state index contributed by atoms with van der Waals surface area (Å²) in [4.78, 5) is 3.99. The first kappa shape index (κ1) is 8.63. The van der Waals surface area contributed by atoms with Crippen LogP contribution in [0.1, 0.15) is 20.8 Å². The van der Waals surface area contributed by atoms with E-state index in [4.69, 9.17) is 4.74 Å². The highest BCUT2D eigenvalue weighted by atomic mass is 16.5. The van der Waals surface area contributed by atoms with Gasteiger partial charge in [0.2, 0.25) is 0 Å². The first-order valence-electron chi connectivity index (χ1n) is 3.37. The average molecular weight is 129 g/mol. The Morgan fingerprint density at radius 2 is 2.22 bits per heavy atom. The summed E-state index contributed by atoms with van der Waals surface area (Å²) in [6, 6.07) is 0. The summed E-state index contributed by atoms with van der Waals surface area (Å²) >= 11 is 0. The fraction of sp³-hybridized carbons (Fsp3) is 0.857. The molecule has 2 nitrogen and oxygen atoms in total. The lowest BCUT2D eigenvalue weighted by Gasteiger charge is -2.01. The quantitative estimate of drug-likeness (QED) is 0.527. The summed E-state index contributed by atoms with van der Waals surface area (Å²) in [6.07, 6.45) is 2.12. The van der Waals surface area contributed by atoms with E-state index in [1.54, 1.807) is 6.21 Å². The second kappa shape index (κ2) is 5.76. The molecule has 0 saturated carbocycles. The molecule has 0 N–H and O–H groups in total. The fourth-order valence-corrected chi connectivity index (χ4v) is 0.417. The van der Waals surface area contributed by atoms with Gasteiger partial charge in [-0.05, 0) is 20.8 Å². The van der Waals surface area contributed by atoms with Gasteiger partial charge in [-0.2, -0.15) is 0 Å². The molecule has 0 bridgehead atoms. The molecule has 0 aromatic carbocycles. The van der Waals surface area contributed by atoms with Gasteiger partial charge in [0.05, 0.1) is 12.7 Å². The maximum atomic E-state index is 5.19. The molecule has 0 unspecified atom stereocenters. The Labute approximate surface area is 56.9 Å². The number of rotatable bonds is 4. The minimum atomic E-state index is 0.313. The molecule has 0 spiro atoms. The Morgan fingerprint density at radius 1 is 1.56 bits per heavy atom. The lowest BCUT2D eigenvalue weighted by atomic mass is 10.5. The van der Waals surface area contributed by atoms with Crippen molar-refractivity contribution in [1.82, 2.24) is 0 Å². The van der Waals surface area contributed by atoms with E-state index in [9.17, 15) is 0 Å². The van der Waals surface area contributed by atoms with Gasteiger partial charge >= 0.3 is 0 Å². The summed E-state index contributed by atoms with van der Waals surface area (Å²) in [5, 5.41) is 0. The summed E-state index contributed by atoms with van der Waals surface area (Å²) in [5.74, 6) is 0. The van der Waals surface area contributed by atoms with E-state index in [2.05, 4.69) is 4.99 Å². The van der Waals surface area contributed by atoms with Crippen molar-refractivity contribution in [2.75, 3.05) is 13.2 Å². The van der Waals surface area contributed by atoms with Crippen molar-refractivity contribution in [2.24, 2.45) is 4.99 Å². The SMILES string of the molecule is CC/N=C/COC(C)C. The first-order chi connectivity index (χ1) is 4.27. The van der Waals surface area contributed by atoms with Gasteiger partial charge in [0.25, 0.3) is 0 Å². The third kappa shape index (κ3) is 7.63. The van der Waals surface area contributed by atoms with Crippen LogP contribution in [-0.4, -0.2) is 25.5 Å². The number of hydrogen-bond acceptors (Lipinski definition) is 2. The molecule has 0 aliphatic rings. The maximum Gasteiger partial charge on any atom is 0.0817 e. The summed E-state index contributed by atoms with van der Waals surface area (Å²) < 4.78 is 5.19. The van der Waals surface area contributed by atoms with Gasteiger partial charge in [-0.1, -0.05) is 0 Å². The zero-order valence-corrected chi connectivity index (χ0v) is 6.42. The van der Waals surface area contributed by atoms with Gasteiger partial charge in [-0.15, -0.1) is 0 Å². The number of hydrogen-bond donors (Lipinski definition) is 0. The van der Waals surface area contributed by atoms with Crippen LogP contribution in [0.25, 0.3) is 0 Å². The smallest absolute Gasteiger partial charge is 0.0817 e. The van der Waals surface area contributed by atoms with Crippen LogP contribution in [0.15, 0.2) is 4.99 Å². The molecule has 0 radical (unpaired) electrons. The van der Waals surface area contributed by atoms with E-state index in [0.717, 1.165) is 6.54 Å². The fourth-order valence-electron chi connectivity index (χ4n) is 0.417. The Balaban J connectivity index is 2.99. The van der Waals surface area contributed by atoms with Crippen molar-refractivity contribution in [3.05, 3.63) is 0 Å². The maximum absolute atomic E-state index is 5.19. The largest absolute Gasteiger partial charge is 0.373 e. The molecule has 0 aliphatic heterocycles. The molecule has 0 fully saturated rings. The third-order valence-corrected chi connectivity index (χ3v) is 0.816. The van der Waals surface area contributed by atoms with Gasteiger partial charge in [-0.3, -0.25) is 4.99 Å². The number of aliphatic imine (C=N–C) groups is 1. The van der Waals surface area contributed by atoms with Crippen LogP contribution in [0.3, 0.4) is 0 Å².